The van der Waals surface area contributed by atoms with Gasteiger partial charge in [0.15, 0.2) is 11.5 Å². The molecule has 1 rings (SSSR count). The Kier molecular flexibility index (Phi) is 3.54. The summed E-state index contributed by atoms with van der Waals surface area (Å²) in [6.45, 7) is 4.38. The van der Waals surface area contributed by atoms with Crippen molar-refractivity contribution < 1.29 is 9.84 Å². The minimum Gasteiger partial charge on any atom is -0.504 e. The summed E-state index contributed by atoms with van der Waals surface area (Å²) in [6.07, 6.45) is 0.667. The molecule has 3 N–H and O–H groups in total. The molecule has 0 spiro atoms. The zero-order chi connectivity index (χ0) is 10.6. The van der Waals surface area contributed by atoms with Gasteiger partial charge in [-0.15, -0.1) is 0 Å². The third-order valence-corrected chi connectivity index (χ3v) is 2.05. The summed E-state index contributed by atoms with van der Waals surface area (Å²) in [4.78, 5) is 0. The standard InChI is InChI=1S/C11H15NO2/c1-8(6-7-12)9-4-3-5-10(14-2)11(9)13/h3-5,13H,1,6-7,12H2,2H3. The summed E-state index contributed by atoms with van der Waals surface area (Å²) in [7, 11) is 1.52. The molecule has 0 saturated heterocycles. The van der Waals surface area contributed by atoms with E-state index >= 15 is 0 Å². The number of para-hydroxylation sites is 1. The fourth-order valence-electron chi connectivity index (χ4n) is 1.28. The van der Waals surface area contributed by atoms with Crippen molar-refractivity contribution in [3.63, 3.8) is 0 Å². The van der Waals surface area contributed by atoms with Crippen molar-refractivity contribution in [3.05, 3.63) is 30.3 Å². The number of nitrogens with two attached hydrogens (primary N) is 1. The Bertz CT molecular complexity index is 334. The molecule has 1 aromatic carbocycles. The van der Waals surface area contributed by atoms with E-state index in [0.29, 0.717) is 24.3 Å². The fraction of sp³-hybridized carbons (Fsp3) is 0.273. The number of phenolic OH excluding ortho intramolecular Hbond substituents is 1. The number of methoxy groups -OCH3 is 1. The topological polar surface area (TPSA) is 55.5 Å². The molecule has 3 heteroatoms. The summed E-state index contributed by atoms with van der Waals surface area (Å²) in [6, 6.07) is 5.32. The maximum atomic E-state index is 9.76. The monoisotopic (exact) mass is 193 g/mol. The number of rotatable bonds is 4. The van der Waals surface area contributed by atoms with Crippen LogP contribution in [0, 0.1) is 0 Å². The van der Waals surface area contributed by atoms with E-state index < -0.39 is 0 Å². The van der Waals surface area contributed by atoms with Crippen LogP contribution in [0.3, 0.4) is 0 Å². The van der Waals surface area contributed by atoms with Crippen LogP contribution in [-0.4, -0.2) is 18.8 Å². The van der Waals surface area contributed by atoms with Crippen LogP contribution in [0.4, 0.5) is 0 Å². The molecule has 1 aromatic rings. The third-order valence-electron chi connectivity index (χ3n) is 2.05. The molecule has 14 heavy (non-hydrogen) atoms. The summed E-state index contributed by atoms with van der Waals surface area (Å²) < 4.78 is 4.99. The van der Waals surface area contributed by atoms with Crippen LogP contribution in [0.15, 0.2) is 24.8 Å². The zero-order valence-corrected chi connectivity index (χ0v) is 8.29. The van der Waals surface area contributed by atoms with Crippen LogP contribution < -0.4 is 10.5 Å². The van der Waals surface area contributed by atoms with E-state index in [9.17, 15) is 5.11 Å². The molecule has 0 fully saturated rings. The van der Waals surface area contributed by atoms with Crippen LogP contribution in [0.25, 0.3) is 5.57 Å². The summed E-state index contributed by atoms with van der Waals surface area (Å²) in [5.41, 5.74) is 6.94. The minimum atomic E-state index is 0.133. The SMILES string of the molecule is C=C(CCN)c1cccc(OC)c1O. The fourth-order valence-corrected chi connectivity index (χ4v) is 1.28. The second-order valence-corrected chi connectivity index (χ2v) is 3.00. The second-order valence-electron chi connectivity index (χ2n) is 3.00. The number of benzene rings is 1. The van der Waals surface area contributed by atoms with Gasteiger partial charge in [0.1, 0.15) is 0 Å². The molecule has 0 aliphatic carbocycles. The molecular formula is C11H15NO2. The lowest BCUT2D eigenvalue weighted by Gasteiger charge is -2.10. The van der Waals surface area contributed by atoms with Crippen LogP contribution in [0.5, 0.6) is 11.5 Å². The van der Waals surface area contributed by atoms with Crippen LogP contribution in [-0.2, 0) is 0 Å². The lowest BCUT2D eigenvalue weighted by molar-refractivity contribution is 0.372. The van der Waals surface area contributed by atoms with E-state index in [0.717, 1.165) is 5.57 Å². The molecule has 3 nitrogen and oxygen atoms in total. The van der Waals surface area contributed by atoms with Gasteiger partial charge in [-0.25, -0.2) is 0 Å². The molecule has 0 bridgehead atoms. The minimum absolute atomic E-state index is 0.133. The summed E-state index contributed by atoms with van der Waals surface area (Å²) in [5.74, 6) is 0.592. The highest BCUT2D eigenvalue weighted by atomic mass is 16.5. The first-order valence-electron chi connectivity index (χ1n) is 4.45. The highest BCUT2D eigenvalue weighted by Gasteiger charge is 2.08. The van der Waals surface area contributed by atoms with Crippen LogP contribution >= 0.6 is 0 Å². The van der Waals surface area contributed by atoms with Gasteiger partial charge in [0.05, 0.1) is 7.11 Å². The Morgan fingerprint density at radius 1 is 1.57 bits per heavy atom. The van der Waals surface area contributed by atoms with Gasteiger partial charge in [-0.1, -0.05) is 18.7 Å². The van der Waals surface area contributed by atoms with E-state index in [1.54, 1.807) is 12.1 Å². The smallest absolute Gasteiger partial charge is 0.165 e. The van der Waals surface area contributed by atoms with Gasteiger partial charge >= 0.3 is 0 Å². The first-order chi connectivity index (χ1) is 6.70. The van der Waals surface area contributed by atoms with E-state index in [1.807, 2.05) is 6.07 Å². The molecule has 0 heterocycles. The largest absolute Gasteiger partial charge is 0.504 e. The average Bonchev–Trinajstić information content (AvgIpc) is 2.18. The lowest BCUT2D eigenvalue weighted by Crippen LogP contribution is -1.99. The highest BCUT2D eigenvalue weighted by molar-refractivity contribution is 5.71. The molecule has 76 valence electrons. The molecule has 0 aliphatic heterocycles. The van der Waals surface area contributed by atoms with Crippen molar-refractivity contribution in [1.82, 2.24) is 0 Å². The molecule has 0 aromatic heterocycles. The van der Waals surface area contributed by atoms with Crippen molar-refractivity contribution in [2.24, 2.45) is 5.73 Å². The van der Waals surface area contributed by atoms with Crippen LogP contribution in [0.1, 0.15) is 12.0 Å². The van der Waals surface area contributed by atoms with Crippen molar-refractivity contribution in [3.8, 4) is 11.5 Å². The molecule has 0 aliphatic rings. The molecule has 0 amide bonds. The normalized spacial score (nSPS) is 9.86. The predicted octanol–water partition coefficient (Wildman–Crippen LogP) is 1.76. The van der Waals surface area contributed by atoms with E-state index in [4.69, 9.17) is 10.5 Å². The van der Waals surface area contributed by atoms with E-state index in [2.05, 4.69) is 6.58 Å². The first-order valence-corrected chi connectivity index (χ1v) is 4.45. The predicted molar refractivity (Wildman–Crippen MR) is 57.4 cm³/mol. The molecule has 0 saturated carbocycles. The van der Waals surface area contributed by atoms with Gasteiger partial charge in [-0.2, -0.15) is 0 Å². The Hall–Kier alpha value is -1.48. The maximum Gasteiger partial charge on any atom is 0.165 e. The molecular weight excluding hydrogens is 178 g/mol. The summed E-state index contributed by atoms with van der Waals surface area (Å²) >= 11 is 0. The van der Waals surface area contributed by atoms with Gasteiger partial charge in [0, 0.05) is 5.56 Å². The molecule has 0 unspecified atom stereocenters. The first kappa shape index (κ1) is 10.6. The Morgan fingerprint density at radius 2 is 2.29 bits per heavy atom. The Morgan fingerprint density at radius 3 is 2.86 bits per heavy atom. The van der Waals surface area contributed by atoms with E-state index in [-0.39, 0.29) is 5.75 Å². The van der Waals surface area contributed by atoms with Crippen molar-refractivity contribution in [2.45, 2.75) is 6.42 Å². The maximum absolute atomic E-state index is 9.76. The average molecular weight is 193 g/mol. The number of aromatic hydroxyl groups is 1. The third kappa shape index (κ3) is 2.06. The van der Waals surface area contributed by atoms with Gasteiger partial charge in [0.2, 0.25) is 0 Å². The van der Waals surface area contributed by atoms with Gasteiger partial charge in [-0.05, 0) is 24.6 Å². The second kappa shape index (κ2) is 4.67. The van der Waals surface area contributed by atoms with Crippen molar-refractivity contribution in [2.75, 3.05) is 13.7 Å². The van der Waals surface area contributed by atoms with Crippen molar-refractivity contribution >= 4 is 5.57 Å². The number of phenols is 1. The Labute approximate surface area is 83.8 Å². The zero-order valence-electron chi connectivity index (χ0n) is 8.29. The molecule has 0 radical (unpaired) electrons. The number of hydrogen-bond donors (Lipinski definition) is 2. The summed E-state index contributed by atoms with van der Waals surface area (Å²) in [5, 5.41) is 9.76. The van der Waals surface area contributed by atoms with E-state index in [1.165, 1.54) is 7.11 Å². The molecule has 0 atom stereocenters. The number of ether oxygens (including phenoxy) is 1. The quantitative estimate of drug-likeness (QED) is 0.766. The van der Waals surface area contributed by atoms with Gasteiger partial charge < -0.3 is 15.6 Å². The lowest BCUT2D eigenvalue weighted by atomic mass is 10.0. The Balaban J connectivity index is 3.03. The van der Waals surface area contributed by atoms with Crippen molar-refractivity contribution in [1.29, 1.82) is 0 Å². The van der Waals surface area contributed by atoms with Gasteiger partial charge in [-0.3, -0.25) is 0 Å². The van der Waals surface area contributed by atoms with Crippen LogP contribution in [0.2, 0.25) is 0 Å². The van der Waals surface area contributed by atoms with Gasteiger partial charge in [0.25, 0.3) is 0 Å². The number of hydrogen-bond acceptors (Lipinski definition) is 3. The highest BCUT2D eigenvalue weighted by Crippen LogP contribution is 2.34.